The van der Waals surface area contributed by atoms with E-state index in [0.29, 0.717) is 28.2 Å². The molecular weight excluding hydrogens is 522 g/mol. The normalized spacial score (nSPS) is 26.0. The number of ether oxygens (including phenoxy) is 2. The van der Waals surface area contributed by atoms with E-state index in [0.717, 1.165) is 49.7 Å². The first-order valence-electron chi connectivity index (χ1n) is 14.7. The summed E-state index contributed by atoms with van der Waals surface area (Å²) >= 11 is 0. The first kappa shape index (κ1) is 27.7. The molecule has 4 nitrogen and oxygen atoms in total. The molecule has 6 rings (SSSR count). The van der Waals surface area contributed by atoms with Crippen LogP contribution in [0.2, 0.25) is 0 Å². The predicted molar refractivity (Wildman–Crippen MR) is 154 cm³/mol. The van der Waals surface area contributed by atoms with E-state index in [9.17, 15) is 9.90 Å². The Bertz CT molecular complexity index is 1510. The third-order valence-corrected chi connectivity index (χ3v) is 10.4. The molecule has 4 unspecified atom stereocenters. The number of carboxylic acids is 1. The Hall–Kier alpha value is -3.41. The van der Waals surface area contributed by atoms with Crippen molar-refractivity contribution in [1.29, 1.82) is 0 Å². The highest BCUT2D eigenvalue weighted by molar-refractivity contribution is 5.79. The summed E-state index contributed by atoms with van der Waals surface area (Å²) < 4.78 is 42.4. The molecule has 1 spiro atoms. The van der Waals surface area contributed by atoms with E-state index in [4.69, 9.17) is 9.47 Å². The number of carboxylic acid groups (broad SMARTS) is 1. The van der Waals surface area contributed by atoms with Gasteiger partial charge in [-0.15, -0.1) is 0 Å². The predicted octanol–water partition coefficient (Wildman–Crippen LogP) is 8.44. The lowest BCUT2D eigenvalue weighted by molar-refractivity contribution is -0.139. The Morgan fingerprint density at radius 3 is 2.44 bits per heavy atom. The van der Waals surface area contributed by atoms with E-state index in [1.165, 1.54) is 24.8 Å². The van der Waals surface area contributed by atoms with Crippen LogP contribution >= 0.6 is 0 Å². The standard InChI is InChI=1S/C35H38F2O4/c1-20-32(33(38)39)35(20)14-5-7-21-9-10-24(17-29(21)35)41-19-22-15-26(28-8-6-13-34(28,2)3)25(18-31(22)37)27-16-23(40-4)11-12-30(27)36/h9-12,15-18,20,28,32H,5-8,13-14,19H2,1-4H3,(H,38,39). The van der Waals surface area contributed by atoms with E-state index in [1.54, 1.807) is 12.1 Å². The second-order valence-electron chi connectivity index (χ2n) is 12.9. The molecule has 216 valence electrons. The molecule has 0 radical (unpaired) electrons. The topological polar surface area (TPSA) is 55.8 Å². The highest BCUT2D eigenvalue weighted by Crippen LogP contribution is 2.65. The Morgan fingerprint density at radius 1 is 0.976 bits per heavy atom. The summed E-state index contributed by atoms with van der Waals surface area (Å²) in [6.45, 7) is 6.50. The van der Waals surface area contributed by atoms with Crippen LogP contribution in [0.5, 0.6) is 11.5 Å². The van der Waals surface area contributed by atoms with Crippen molar-refractivity contribution >= 4 is 5.97 Å². The zero-order chi connectivity index (χ0) is 29.1. The number of methoxy groups -OCH3 is 1. The second kappa shape index (κ2) is 10.1. The number of rotatable bonds is 7. The molecule has 0 aliphatic heterocycles. The quantitative estimate of drug-likeness (QED) is 0.315. The van der Waals surface area contributed by atoms with E-state index < -0.39 is 17.6 Å². The smallest absolute Gasteiger partial charge is 0.307 e. The summed E-state index contributed by atoms with van der Waals surface area (Å²) in [7, 11) is 1.53. The number of benzene rings is 3. The number of hydrogen-bond donors (Lipinski definition) is 1. The molecule has 4 atom stereocenters. The van der Waals surface area contributed by atoms with Gasteiger partial charge in [-0.1, -0.05) is 33.3 Å². The molecule has 3 aliphatic rings. The first-order valence-corrected chi connectivity index (χ1v) is 14.7. The fraction of sp³-hybridized carbons (Fsp3) is 0.457. The van der Waals surface area contributed by atoms with Crippen LogP contribution in [0, 0.1) is 28.9 Å². The molecule has 0 heterocycles. The van der Waals surface area contributed by atoms with E-state index in [-0.39, 0.29) is 35.2 Å². The molecule has 41 heavy (non-hydrogen) atoms. The minimum absolute atomic E-state index is 0.00546. The van der Waals surface area contributed by atoms with Crippen molar-refractivity contribution in [3.63, 3.8) is 0 Å². The summed E-state index contributed by atoms with van der Waals surface area (Å²) in [5.41, 5.74) is 4.15. The lowest BCUT2D eigenvalue weighted by atomic mass is 9.75. The average molecular weight is 561 g/mol. The maximum Gasteiger partial charge on any atom is 0.307 e. The monoisotopic (exact) mass is 560 g/mol. The third-order valence-electron chi connectivity index (χ3n) is 10.4. The summed E-state index contributed by atoms with van der Waals surface area (Å²) in [5, 5.41) is 9.82. The number of aliphatic carboxylic acids is 1. The molecule has 0 saturated heterocycles. The van der Waals surface area contributed by atoms with Gasteiger partial charge in [-0.05, 0) is 114 Å². The molecular formula is C35H38F2O4. The van der Waals surface area contributed by atoms with Crippen molar-refractivity contribution in [2.24, 2.45) is 17.3 Å². The van der Waals surface area contributed by atoms with E-state index >= 15 is 8.78 Å². The highest BCUT2D eigenvalue weighted by atomic mass is 19.1. The van der Waals surface area contributed by atoms with Crippen molar-refractivity contribution < 1.29 is 28.2 Å². The molecule has 3 aromatic carbocycles. The van der Waals surface area contributed by atoms with Crippen LogP contribution in [0.4, 0.5) is 8.78 Å². The van der Waals surface area contributed by atoms with Crippen LogP contribution < -0.4 is 9.47 Å². The van der Waals surface area contributed by atoms with Gasteiger partial charge in [0, 0.05) is 16.5 Å². The van der Waals surface area contributed by atoms with Crippen molar-refractivity contribution in [3.8, 4) is 22.6 Å². The van der Waals surface area contributed by atoms with Crippen LogP contribution in [0.3, 0.4) is 0 Å². The molecule has 0 amide bonds. The van der Waals surface area contributed by atoms with Gasteiger partial charge in [0.2, 0.25) is 0 Å². The van der Waals surface area contributed by atoms with Gasteiger partial charge in [0.1, 0.15) is 29.7 Å². The van der Waals surface area contributed by atoms with Crippen LogP contribution in [-0.2, 0) is 23.2 Å². The lowest BCUT2D eigenvalue weighted by Gasteiger charge is -2.30. The number of carbonyl (C=O) groups is 1. The van der Waals surface area contributed by atoms with Gasteiger partial charge in [0.25, 0.3) is 0 Å². The zero-order valence-electron chi connectivity index (χ0n) is 24.2. The van der Waals surface area contributed by atoms with E-state index in [1.807, 2.05) is 31.2 Å². The molecule has 3 aliphatic carbocycles. The van der Waals surface area contributed by atoms with Gasteiger partial charge in [0.15, 0.2) is 0 Å². The first-order chi connectivity index (χ1) is 19.6. The van der Waals surface area contributed by atoms with Crippen LogP contribution in [0.25, 0.3) is 11.1 Å². The van der Waals surface area contributed by atoms with Crippen LogP contribution in [0.15, 0.2) is 48.5 Å². The number of hydrogen-bond acceptors (Lipinski definition) is 3. The second-order valence-corrected chi connectivity index (χ2v) is 12.9. The van der Waals surface area contributed by atoms with Gasteiger partial charge in [-0.2, -0.15) is 0 Å². The highest BCUT2D eigenvalue weighted by Gasteiger charge is 2.67. The maximum absolute atomic E-state index is 15.7. The summed E-state index contributed by atoms with van der Waals surface area (Å²) in [5.74, 6) is -0.626. The number of aryl methyl sites for hydroxylation is 1. The van der Waals surface area contributed by atoms with Gasteiger partial charge in [-0.25, -0.2) is 8.78 Å². The molecule has 0 bridgehead atoms. The fourth-order valence-corrected chi connectivity index (χ4v) is 8.03. The molecule has 2 saturated carbocycles. The maximum atomic E-state index is 15.7. The van der Waals surface area contributed by atoms with Crippen molar-refractivity contribution in [1.82, 2.24) is 0 Å². The van der Waals surface area contributed by atoms with Crippen LogP contribution in [0.1, 0.15) is 81.0 Å². The number of fused-ring (bicyclic) bond motifs is 2. The summed E-state index contributed by atoms with van der Waals surface area (Å²) in [6, 6.07) is 13.8. The van der Waals surface area contributed by atoms with Gasteiger partial charge in [-0.3, -0.25) is 4.79 Å². The van der Waals surface area contributed by atoms with Crippen molar-refractivity contribution in [2.75, 3.05) is 7.11 Å². The summed E-state index contributed by atoms with van der Waals surface area (Å²) in [4.78, 5) is 12.0. The fourth-order valence-electron chi connectivity index (χ4n) is 8.03. The zero-order valence-corrected chi connectivity index (χ0v) is 24.2. The average Bonchev–Trinajstić information content (AvgIpc) is 3.36. The molecule has 2 fully saturated rings. The molecule has 0 aromatic heterocycles. The van der Waals surface area contributed by atoms with Crippen LogP contribution in [-0.4, -0.2) is 18.2 Å². The Labute approximate surface area is 240 Å². The van der Waals surface area contributed by atoms with Gasteiger partial charge >= 0.3 is 5.97 Å². The minimum Gasteiger partial charge on any atom is -0.497 e. The Balaban J connectivity index is 1.35. The SMILES string of the molecule is COc1ccc(F)c(-c2cc(F)c(COc3ccc4c(c3)C3(CCC4)C(C)C3C(=O)O)cc2C2CCCC2(C)C)c1. The van der Waals surface area contributed by atoms with Gasteiger partial charge < -0.3 is 14.6 Å². The third kappa shape index (κ3) is 4.60. The van der Waals surface area contributed by atoms with Gasteiger partial charge in [0.05, 0.1) is 13.0 Å². The lowest BCUT2D eigenvalue weighted by Crippen LogP contribution is -2.22. The molecule has 3 aromatic rings. The van der Waals surface area contributed by atoms with Crippen molar-refractivity contribution in [2.45, 2.75) is 77.2 Å². The Kier molecular flexibility index (Phi) is 6.87. The largest absolute Gasteiger partial charge is 0.497 e. The molecule has 6 heteroatoms. The van der Waals surface area contributed by atoms with E-state index in [2.05, 4.69) is 13.8 Å². The minimum atomic E-state index is -0.742. The number of halogens is 2. The van der Waals surface area contributed by atoms with Crippen molar-refractivity contribution in [3.05, 3.63) is 82.4 Å². The molecule has 1 N–H and O–H groups in total. The summed E-state index contributed by atoms with van der Waals surface area (Å²) in [6.07, 6.45) is 5.83. The Morgan fingerprint density at radius 2 is 1.76 bits per heavy atom.